The molecule has 0 heterocycles. The third-order valence-corrected chi connectivity index (χ3v) is 4.88. The van der Waals surface area contributed by atoms with E-state index in [0.29, 0.717) is 5.02 Å². The van der Waals surface area contributed by atoms with Gasteiger partial charge in [0, 0.05) is 11.6 Å². The molecule has 0 aliphatic rings. The Labute approximate surface area is 118 Å². The van der Waals surface area contributed by atoms with Gasteiger partial charge in [0.1, 0.15) is 5.25 Å². The predicted molar refractivity (Wildman–Crippen MR) is 76.7 cm³/mol. The third-order valence-electron chi connectivity index (χ3n) is 2.64. The lowest BCUT2D eigenvalue weighted by atomic mass is 10.2. The lowest BCUT2D eigenvalue weighted by molar-refractivity contribution is -0.120. The molecule has 1 unspecified atom stereocenters. The Morgan fingerprint density at radius 3 is 2.53 bits per heavy atom. The second-order valence-electron chi connectivity index (χ2n) is 4.10. The van der Waals surface area contributed by atoms with E-state index in [9.17, 15) is 13.2 Å². The molecular weight excluding hydrogens is 286 g/mol. The Morgan fingerprint density at radius 2 is 2.00 bits per heavy atom. The maximum atomic E-state index is 11.8. The average Bonchev–Trinajstić information content (AvgIpc) is 2.36. The van der Waals surface area contributed by atoms with Gasteiger partial charge in [-0.3, -0.25) is 4.79 Å². The Balaban J connectivity index is 2.60. The number of benzene rings is 1. The summed E-state index contributed by atoms with van der Waals surface area (Å²) in [4.78, 5) is 11.8. The Hall–Kier alpha value is -1.33. The Kier molecular flexibility index (Phi) is 5.57. The zero-order valence-electron chi connectivity index (χ0n) is 10.6. The van der Waals surface area contributed by atoms with Crippen LogP contribution < -0.4 is 5.32 Å². The summed E-state index contributed by atoms with van der Waals surface area (Å²) in [5, 5.41) is 2.11. The van der Waals surface area contributed by atoms with Gasteiger partial charge in [-0.25, -0.2) is 8.42 Å². The summed E-state index contributed by atoms with van der Waals surface area (Å²) in [6.45, 7) is 5.00. The molecule has 19 heavy (non-hydrogen) atoms. The minimum atomic E-state index is -3.47. The molecular formula is C13H16ClNO3S. The molecule has 0 radical (unpaired) electrons. The molecule has 0 aliphatic carbocycles. The van der Waals surface area contributed by atoms with Crippen molar-refractivity contribution >= 4 is 27.3 Å². The van der Waals surface area contributed by atoms with Crippen LogP contribution in [0.1, 0.15) is 12.5 Å². The zero-order chi connectivity index (χ0) is 14.5. The summed E-state index contributed by atoms with van der Waals surface area (Å²) in [5.41, 5.74) is 0.853. The highest BCUT2D eigenvalue weighted by Crippen LogP contribution is 2.09. The van der Waals surface area contributed by atoms with Crippen molar-refractivity contribution in [1.82, 2.24) is 5.32 Å². The van der Waals surface area contributed by atoms with E-state index in [1.165, 1.54) is 13.0 Å². The van der Waals surface area contributed by atoms with Gasteiger partial charge in [0.05, 0.1) is 5.75 Å². The molecule has 0 fully saturated rings. The highest BCUT2D eigenvalue weighted by molar-refractivity contribution is 7.92. The van der Waals surface area contributed by atoms with Gasteiger partial charge in [-0.05, 0) is 24.6 Å². The standard InChI is InChI=1S/C13H16ClNO3S/c1-3-8-19(17,18)10(2)13(16)15-9-11-4-6-12(14)7-5-11/h3-7,10H,1,8-9H2,2H3,(H,15,16). The van der Waals surface area contributed by atoms with Crippen molar-refractivity contribution in [3.8, 4) is 0 Å². The fourth-order valence-corrected chi connectivity index (χ4v) is 2.56. The van der Waals surface area contributed by atoms with E-state index in [-0.39, 0.29) is 12.3 Å². The molecule has 6 heteroatoms. The van der Waals surface area contributed by atoms with Crippen molar-refractivity contribution in [2.45, 2.75) is 18.7 Å². The number of carbonyl (C=O) groups is 1. The fourth-order valence-electron chi connectivity index (χ4n) is 1.41. The van der Waals surface area contributed by atoms with Crippen molar-refractivity contribution in [3.63, 3.8) is 0 Å². The van der Waals surface area contributed by atoms with E-state index in [0.717, 1.165) is 5.56 Å². The van der Waals surface area contributed by atoms with E-state index in [4.69, 9.17) is 11.6 Å². The van der Waals surface area contributed by atoms with Gasteiger partial charge in [0.2, 0.25) is 5.91 Å². The van der Waals surface area contributed by atoms with Crippen molar-refractivity contribution in [2.75, 3.05) is 5.75 Å². The largest absolute Gasteiger partial charge is 0.351 e. The predicted octanol–water partition coefficient (Wildman–Crippen LogP) is 1.95. The van der Waals surface area contributed by atoms with Crippen LogP contribution in [0.3, 0.4) is 0 Å². The minimum Gasteiger partial charge on any atom is -0.351 e. The van der Waals surface area contributed by atoms with E-state index in [2.05, 4.69) is 11.9 Å². The zero-order valence-corrected chi connectivity index (χ0v) is 12.2. The Bertz CT molecular complexity index is 552. The molecule has 1 aromatic carbocycles. The molecule has 0 bridgehead atoms. The number of hydrogen-bond acceptors (Lipinski definition) is 3. The Morgan fingerprint density at radius 1 is 1.42 bits per heavy atom. The summed E-state index contributed by atoms with van der Waals surface area (Å²) in [7, 11) is -3.47. The van der Waals surface area contributed by atoms with Gasteiger partial charge >= 0.3 is 0 Å². The first kappa shape index (κ1) is 15.7. The number of carbonyl (C=O) groups excluding carboxylic acids is 1. The van der Waals surface area contributed by atoms with Gasteiger partial charge in [-0.15, -0.1) is 6.58 Å². The van der Waals surface area contributed by atoms with Crippen molar-refractivity contribution in [2.24, 2.45) is 0 Å². The van der Waals surface area contributed by atoms with Gasteiger partial charge in [-0.2, -0.15) is 0 Å². The summed E-state index contributed by atoms with van der Waals surface area (Å²) in [6.07, 6.45) is 1.28. The molecule has 0 saturated heterocycles. The second-order valence-corrected chi connectivity index (χ2v) is 6.91. The molecule has 1 N–H and O–H groups in total. The quantitative estimate of drug-likeness (QED) is 0.817. The van der Waals surface area contributed by atoms with E-state index < -0.39 is 21.0 Å². The second kappa shape index (κ2) is 6.73. The van der Waals surface area contributed by atoms with E-state index in [1.54, 1.807) is 24.3 Å². The monoisotopic (exact) mass is 301 g/mol. The first-order valence-corrected chi connectivity index (χ1v) is 7.81. The first-order chi connectivity index (χ1) is 8.86. The average molecular weight is 302 g/mol. The van der Waals surface area contributed by atoms with Gasteiger partial charge in [-0.1, -0.05) is 29.8 Å². The van der Waals surface area contributed by atoms with Crippen LogP contribution in [-0.2, 0) is 21.2 Å². The lowest BCUT2D eigenvalue weighted by Gasteiger charge is -2.12. The molecule has 0 aromatic heterocycles. The first-order valence-electron chi connectivity index (χ1n) is 5.71. The van der Waals surface area contributed by atoms with Gasteiger partial charge in [0.15, 0.2) is 9.84 Å². The number of sulfone groups is 1. The van der Waals surface area contributed by atoms with Crippen LogP contribution in [0.5, 0.6) is 0 Å². The fraction of sp³-hybridized carbons (Fsp3) is 0.308. The van der Waals surface area contributed by atoms with Crippen molar-refractivity contribution in [3.05, 3.63) is 47.5 Å². The maximum absolute atomic E-state index is 11.8. The highest BCUT2D eigenvalue weighted by atomic mass is 35.5. The van der Waals surface area contributed by atoms with Crippen LogP contribution >= 0.6 is 11.6 Å². The highest BCUT2D eigenvalue weighted by Gasteiger charge is 2.26. The van der Waals surface area contributed by atoms with Crippen LogP contribution in [0.25, 0.3) is 0 Å². The van der Waals surface area contributed by atoms with Crippen LogP contribution in [0.4, 0.5) is 0 Å². The maximum Gasteiger partial charge on any atom is 0.238 e. The number of nitrogens with one attached hydrogen (secondary N) is 1. The van der Waals surface area contributed by atoms with E-state index >= 15 is 0 Å². The number of rotatable bonds is 6. The summed E-state index contributed by atoms with van der Waals surface area (Å²) in [5.74, 6) is -0.723. The van der Waals surface area contributed by atoms with Crippen molar-refractivity contribution < 1.29 is 13.2 Å². The van der Waals surface area contributed by atoms with Crippen LogP contribution in [0, 0.1) is 0 Å². The molecule has 1 amide bonds. The molecule has 1 rings (SSSR count). The molecule has 4 nitrogen and oxygen atoms in total. The number of hydrogen-bond donors (Lipinski definition) is 1. The van der Waals surface area contributed by atoms with E-state index in [1.807, 2.05) is 0 Å². The van der Waals surface area contributed by atoms with Crippen LogP contribution in [0.2, 0.25) is 5.02 Å². The van der Waals surface area contributed by atoms with Crippen LogP contribution in [-0.4, -0.2) is 25.3 Å². The summed E-state index contributed by atoms with van der Waals surface area (Å²) in [6, 6.07) is 6.96. The van der Waals surface area contributed by atoms with Crippen LogP contribution in [0.15, 0.2) is 36.9 Å². The molecule has 104 valence electrons. The SMILES string of the molecule is C=CCS(=O)(=O)C(C)C(=O)NCc1ccc(Cl)cc1. The molecule has 0 spiro atoms. The van der Waals surface area contributed by atoms with Gasteiger partial charge in [0.25, 0.3) is 0 Å². The normalized spacial score (nSPS) is 12.7. The molecule has 0 saturated carbocycles. The topological polar surface area (TPSA) is 63.2 Å². The molecule has 1 aromatic rings. The molecule has 0 aliphatic heterocycles. The smallest absolute Gasteiger partial charge is 0.238 e. The third kappa shape index (κ3) is 4.69. The summed E-state index contributed by atoms with van der Waals surface area (Å²) < 4.78 is 23.4. The lowest BCUT2D eigenvalue weighted by Crippen LogP contribution is -2.38. The van der Waals surface area contributed by atoms with Crippen molar-refractivity contribution in [1.29, 1.82) is 0 Å². The molecule has 1 atom stereocenters. The van der Waals surface area contributed by atoms with Gasteiger partial charge < -0.3 is 5.32 Å². The summed E-state index contributed by atoms with van der Waals surface area (Å²) >= 11 is 5.74. The number of amides is 1. The number of halogens is 1. The minimum absolute atomic E-state index is 0.206.